The van der Waals surface area contributed by atoms with Crippen LogP contribution in [0.3, 0.4) is 0 Å². The fourth-order valence-corrected chi connectivity index (χ4v) is 2.52. The van der Waals surface area contributed by atoms with Gasteiger partial charge in [-0.05, 0) is 17.9 Å². The van der Waals surface area contributed by atoms with E-state index in [0.717, 1.165) is 0 Å². The van der Waals surface area contributed by atoms with Crippen LogP contribution in [0.15, 0.2) is 23.4 Å². The van der Waals surface area contributed by atoms with E-state index in [9.17, 15) is 8.42 Å². The van der Waals surface area contributed by atoms with Crippen LogP contribution in [0.5, 0.6) is 0 Å². The predicted molar refractivity (Wildman–Crippen MR) is 71.2 cm³/mol. The van der Waals surface area contributed by atoms with Crippen molar-refractivity contribution in [3.05, 3.63) is 18.5 Å². The Bertz CT molecular complexity index is 488. The number of hydrogen-bond acceptors (Lipinski definition) is 5. The van der Waals surface area contributed by atoms with Gasteiger partial charge in [-0.1, -0.05) is 20.8 Å². The lowest BCUT2D eigenvalue weighted by Crippen LogP contribution is -2.31. The number of hydrazine groups is 1. The lowest BCUT2D eigenvalue weighted by Gasteiger charge is -2.17. The second kappa shape index (κ2) is 6.12. The van der Waals surface area contributed by atoms with Crippen LogP contribution in [-0.4, -0.2) is 19.9 Å². The number of nitrogen functional groups attached to an aromatic ring is 1. The van der Waals surface area contributed by atoms with Crippen molar-refractivity contribution in [3.63, 3.8) is 0 Å². The van der Waals surface area contributed by atoms with E-state index < -0.39 is 10.0 Å². The van der Waals surface area contributed by atoms with Crippen molar-refractivity contribution in [1.82, 2.24) is 9.71 Å². The van der Waals surface area contributed by atoms with Crippen molar-refractivity contribution in [3.8, 4) is 0 Å². The molecule has 0 aromatic carbocycles. The van der Waals surface area contributed by atoms with Crippen LogP contribution >= 0.6 is 0 Å². The molecular weight excluding hydrogens is 252 g/mol. The number of nitrogens with zero attached hydrogens (tertiary/aromatic N) is 1. The Morgan fingerprint density at radius 2 is 2.06 bits per heavy atom. The SMILES string of the molecule is CC(C)C(C)CNS(=O)(=O)c1cnccc1NN. The fourth-order valence-electron chi connectivity index (χ4n) is 1.27. The highest BCUT2D eigenvalue weighted by Crippen LogP contribution is 2.18. The van der Waals surface area contributed by atoms with Crippen LogP contribution in [-0.2, 0) is 10.0 Å². The Morgan fingerprint density at radius 3 is 2.61 bits per heavy atom. The molecular formula is C11H20N4O2S. The van der Waals surface area contributed by atoms with Gasteiger partial charge < -0.3 is 5.43 Å². The molecule has 1 aromatic rings. The first-order chi connectivity index (χ1) is 8.38. The molecule has 1 aromatic heterocycles. The van der Waals surface area contributed by atoms with E-state index in [-0.39, 0.29) is 10.8 Å². The third-order valence-electron chi connectivity index (χ3n) is 2.96. The number of anilines is 1. The van der Waals surface area contributed by atoms with E-state index in [2.05, 4.69) is 29.0 Å². The van der Waals surface area contributed by atoms with Gasteiger partial charge in [-0.25, -0.2) is 13.1 Å². The molecule has 18 heavy (non-hydrogen) atoms. The maximum Gasteiger partial charge on any atom is 0.244 e. The van der Waals surface area contributed by atoms with Crippen LogP contribution in [0.2, 0.25) is 0 Å². The van der Waals surface area contributed by atoms with Gasteiger partial charge in [-0.2, -0.15) is 0 Å². The van der Waals surface area contributed by atoms with Gasteiger partial charge in [0.2, 0.25) is 10.0 Å². The van der Waals surface area contributed by atoms with Crippen molar-refractivity contribution >= 4 is 15.7 Å². The molecule has 1 unspecified atom stereocenters. The number of rotatable bonds is 6. The van der Waals surface area contributed by atoms with Crippen LogP contribution in [0.25, 0.3) is 0 Å². The second-order valence-corrected chi connectivity index (χ2v) is 6.32. The Balaban J connectivity index is 2.87. The van der Waals surface area contributed by atoms with Crippen molar-refractivity contribution in [2.45, 2.75) is 25.7 Å². The summed E-state index contributed by atoms with van der Waals surface area (Å²) >= 11 is 0. The molecule has 0 fully saturated rings. The third kappa shape index (κ3) is 3.66. The lowest BCUT2D eigenvalue weighted by molar-refractivity contribution is 0.414. The number of nitrogens with two attached hydrogens (primary N) is 1. The molecule has 0 radical (unpaired) electrons. The third-order valence-corrected chi connectivity index (χ3v) is 4.41. The minimum atomic E-state index is -3.59. The predicted octanol–water partition coefficient (Wildman–Crippen LogP) is 0.938. The molecule has 0 saturated heterocycles. The van der Waals surface area contributed by atoms with Gasteiger partial charge in [-0.3, -0.25) is 10.8 Å². The van der Waals surface area contributed by atoms with Gasteiger partial charge in [0.1, 0.15) is 4.90 Å². The summed E-state index contributed by atoms with van der Waals surface area (Å²) < 4.78 is 26.8. The normalized spacial score (nSPS) is 13.6. The Kier molecular flexibility index (Phi) is 5.06. The summed E-state index contributed by atoms with van der Waals surface area (Å²) in [6.07, 6.45) is 2.75. The number of hydrogen-bond donors (Lipinski definition) is 3. The van der Waals surface area contributed by atoms with Crippen LogP contribution < -0.4 is 16.0 Å². The van der Waals surface area contributed by atoms with Crippen LogP contribution in [0, 0.1) is 11.8 Å². The average molecular weight is 272 g/mol. The van der Waals surface area contributed by atoms with Crippen LogP contribution in [0.1, 0.15) is 20.8 Å². The molecule has 1 heterocycles. The van der Waals surface area contributed by atoms with Gasteiger partial charge in [-0.15, -0.1) is 0 Å². The summed E-state index contributed by atoms with van der Waals surface area (Å²) in [5.74, 6) is 5.95. The number of sulfonamides is 1. The van der Waals surface area contributed by atoms with Crippen molar-refractivity contribution in [2.24, 2.45) is 17.7 Å². The maximum atomic E-state index is 12.1. The minimum absolute atomic E-state index is 0.0588. The van der Waals surface area contributed by atoms with E-state index in [1.807, 2.05) is 6.92 Å². The largest absolute Gasteiger partial charge is 0.323 e. The van der Waals surface area contributed by atoms with Crippen molar-refractivity contribution in [1.29, 1.82) is 0 Å². The topological polar surface area (TPSA) is 97.1 Å². The average Bonchev–Trinajstić information content (AvgIpc) is 2.35. The smallest absolute Gasteiger partial charge is 0.244 e. The molecule has 0 spiro atoms. The zero-order chi connectivity index (χ0) is 13.8. The Morgan fingerprint density at radius 1 is 1.39 bits per heavy atom. The standard InChI is InChI=1S/C11H20N4O2S/c1-8(2)9(3)6-14-18(16,17)11-7-13-5-4-10(11)15-12/h4-5,7-9,14H,6,12H2,1-3H3,(H,13,15). The maximum absolute atomic E-state index is 12.1. The van der Waals surface area contributed by atoms with E-state index in [0.29, 0.717) is 18.2 Å². The van der Waals surface area contributed by atoms with Gasteiger partial charge in [0.05, 0.1) is 5.69 Å². The highest BCUT2D eigenvalue weighted by atomic mass is 32.2. The molecule has 0 aliphatic carbocycles. The molecule has 0 amide bonds. The lowest BCUT2D eigenvalue weighted by atomic mass is 9.99. The monoisotopic (exact) mass is 272 g/mol. The van der Waals surface area contributed by atoms with Gasteiger partial charge in [0, 0.05) is 18.9 Å². The number of aromatic nitrogens is 1. The number of pyridine rings is 1. The molecule has 0 aliphatic heterocycles. The Hall–Kier alpha value is -1.18. The minimum Gasteiger partial charge on any atom is -0.323 e. The summed E-state index contributed by atoms with van der Waals surface area (Å²) in [6, 6.07) is 1.51. The zero-order valence-electron chi connectivity index (χ0n) is 10.8. The summed E-state index contributed by atoms with van der Waals surface area (Å²) in [6.45, 7) is 6.49. The first kappa shape index (κ1) is 14.9. The highest BCUT2D eigenvalue weighted by Gasteiger charge is 2.19. The molecule has 1 atom stereocenters. The van der Waals surface area contributed by atoms with E-state index in [1.54, 1.807) is 0 Å². The zero-order valence-corrected chi connectivity index (χ0v) is 11.7. The second-order valence-electron chi connectivity index (χ2n) is 4.59. The summed E-state index contributed by atoms with van der Waals surface area (Å²) in [5.41, 5.74) is 2.68. The highest BCUT2D eigenvalue weighted by molar-refractivity contribution is 7.89. The van der Waals surface area contributed by atoms with Gasteiger partial charge in [0.25, 0.3) is 0 Å². The first-order valence-corrected chi connectivity index (χ1v) is 7.27. The summed E-state index contributed by atoms with van der Waals surface area (Å²) in [5, 5.41) is 0. The first-order valence-electron chi connectivity index (χ1n) is 5.78. The molecule has 6 nitrogen and oxygen atoms in total. The van der Waals surface area contributed by atoms with Gasteiger partial charge in [0.15, 0.2) is 0 Å². The van der Waals surface area contributed by atoms with E-state index >= 15 is 0 Å². The van der Waals surface area contributed by atoms with Crippen molar-refractivity contribution in [2.75, 3.05) is 12.0 Å². The quantitative estimate of drug-likeness (QED) is 0.529. The molecule has 0 aliphatic rings. The van der Waals surface area contributed by atoms with Gasteiger partial charge >= 0.3 is 0 Å². The summed E-state index contributed by atoms with van der Waals surface area (Å²) in [4.78, 5) is 3.87. The summed E-state index contributed by atoms with van der Waals surface area (Å²) in [7, 11) is -3.59. The fraction of sp³-hybridized carbons (Fsp3) is 0.545. The molecule has 1 rings (SSSR count). The van der Waals surface area contributed by atoms with E-state index in [4.69, 9.17) is 5.84 Å². The Labute approximate surface area is 108 Å². The molecule has 102 valence electrons. The molecule has 4 N–H and O–H groups in total. The molecule has 0 bridgehead atoms. The van der Waals surface area contributed by atoms with Crippen molar-refractivity contribution < 1.29 is 8.42 Å². The molecule has 0 saturated carbocycles. The molecule has 7 heteroatoms. The van der Waals surface area contributed by atoms with Crippen LogP contribution in [0.4, 0.5) is 5.69 Å². The van der Waals surface area contributed by atoms with E-state index in [1.165, 1.54) is 18.5 Å². The number of nitrogens with one attached hydrogen (secondary N) is 2.